The van der Waals surface area contributed by atoms with Gasteiger partial charge in [0.1, 0.15) is 5.82 Å². The Kier molecular flexibility index (Phi) is 4.89. The minimum Gasteiger partial charge on any atom is -0.356 e. The number of fused-ring (bicyclic) bond motifs is 1. The number of amides is 1. The Morgan fingerprint density at radius 2 is 1.73 bits per heavy atom. The van der Waals surface area contributed by atoms with E-state index in [1.807, 2.05) is 24.3 Å². The van der Waals surface area contributed by atoms with Gasteiger partial charge in [-0.25, -0.2) is 9.97 Å². The van der Waals surface area contributed by atoms with Gasteiger partial charge >= 0.3 is 0 Å². The van der Waals surface area contributed by atoms with Crippen LogP contribution in [0, 0.1) is 11.3 Å². The topological polar surface area (TPSA) is 58.1 Å². The van der Waals surface area contributed by atoms with Crippen LogP contribution >= 0.6 is 0 Å². The lowest BCUT2D eigenvalue weighted by atomic mass is 9.96. The quantitative estimate of drug-likeness (QED) is 0.688. The predicted molar refractivity (Wildman–Crippen MR) is 120 cm³/mol. The second-order valence-electron chi connectivity index (χ2n) is 8.96. The van der Waals surface area contributed by atoms with Gasteiger partial charge in [-0.05, 0) is 43.7 Å². The summed E-state index contributed by atoms with van der Waals surface area (Å²) in [5, 5.41) is 4.29. The standard InChI is InChI=1S/C25H28N4O/c1-25(13-14-25)24(30)26-17-18-11-15-29(16-12-18)23-20-9-5-6-10-21(20)27-22(28-23)19-7-3-2-4-8-19/h2-10,18H,11-17H2,1H3,(H,26,30). The number of piperidine rings is 1. The number of nitrogens with zero attached hydrogens (tertiary/aromatic N) is 3. The first kappa shape index (κ1) is 19.0. The number of para-hydroxylation sites is 1. The summed E-state index contributed by atoms with van der Waals surface area (Å²) in [7, 11) is 0. The van der Waals surface area contributed by atoms with Crippen molar-refractivity contribution in [3.05, 3.63) is 54.6 Å². The maximum atomic E-state index is 12.2. The second kappa shape index (κ2) is 7.71. The number of hydrogen-bond acceptors (Lipinski definition) is 4. The Morgan fingerprint density at radius 3 is 2.47 bits per heavy atom. The molecule has 1 aliphatic carbocycles. The molecule has 0 spiro atoms. The lowest BCUT2D eigenvalue weighted by Crippen LogP contribution is -2.40. The van der Waals surface area contributed by atoms with Crippen molar-refractivity contribution in [2.75, 3.05) is 24.5 Å². The molecule has 0 atom stereocenters. The Labute approximate surface area is 177 Å². The van der Waals surface area contributed by atoms with E-state index >= 15 is 0 Å². The first-order valence-corrected chi connectivity index (χ1v) is 11.0. The summed E-state index contributed by atoms with van der Waals surface area (Å²) in [6.45, 7) is 4.76. The molecule has 1 saturated carbocycles. The molecular weight excluding hydrogens is 372 g/mol. The second-order valence-corrected chi connectivity index (χ2v) is 8.96. The van der Waals surface area contributed by atoms with Gasteiger partial charge in [0.15, 0.2) is 5.82 Å². The summed E-state index contributed by atoms with van der Waals surface area (Å²) in [6.07, 6.45) is 4.19. The fourth-order valence-electron chi connectivity index (χ4n) is 4.23. The van der Waals surface area contributed by atoms with Gasteiger partial charge in [0, 0.05) is 36.0 Å². The van der Waals surface area contributed by atoms with E-state index in [4.69, 9.17) is 9.97 Å². The molecule has 0 radical (unpaired) electrons. The van der Waals surface area contributed by atoms with Crippen LogP contribution in [0.3, 0.4) is 0 Å². The molecule has 1 aliphatic heterocycles. The molecule has 2 aliphatic rings. The number of rotatable bonds is 5. The normalized spacial score (nSPS) is 18.4. The van der Waals surface area contributed by atoms with Crippen molar-refractivity contribution in [2.45, 2.75) is 32.6 Å². The van der Waals surface area contributed by atoms with E-state index in [0.717, 1.165) is 73.4 Å². The van der Waals surface area contributed by atoms with Gasteiger partial charge in [0.05, 0.1) is 5.52 Å². The van der Waals surface area contributed by atoms with Crippen LogP contribution in [0.15, 0.2) is 54.6 Å². The molecule has 1 N–H and O–H groups in total. The van der Waals surface area contributed by atoms with Gasteiger partial charge in [-0.2, -0.15) is 0 Å². The highest BCUT2D eigenvalue weighted by Gasteiger charge is 2.44. The third-order valence-electron chi connectivity index (χ3n) is 6.63. The Morgan fingerprint density at radius 1 is 1.03 bits per heavy atom. The SMILES string of the molecule is CC1(C(=O)NCC2CCN(c3nc(-c4ccccc4)nc4ccccc34)CC2)CC1. The summed E-state index contributed by atoms with van der Waals surface area (Å²) in [5.74, 6) is 2.57. The van der Waals surface area contributed by atoms with Crippen LogP contribution in [-0.2, 0) is 4.79 Å². The summed E-state index contributed by atoms with van der Waals surface area (Å²) in [5.41, 5.74) is 1.93. The van der Waals surface area contributed by atoms with Crippen molar-refractivity contribution >= 4 is 22.6 Å². The van der Waals surface area contributed by atoms with Gasteiger partial charge in [-0.1, -0.05) is 49.4 Å². The van der Waals surface area contributed by atoms with E-state index in [1.54, 1.807) is 0 Å². The minimum atomic E-state index is -0.0889. The van der Waals surface area contributed by atoms with Crippen molar-refractivity contribution in [1.82, 2.24) is 15.3 Å². The highest BCUT2D eigenvalue weighted by Crippen LogP contribution is 2.45. The number of nitrogens with one attached hydrogen (secondary N) is 1. The van der Waals surface area contributed by atoms with Crippen LogP contribution in [0.5, 0.6) is 0 Å². The fourth-order valence-corrected chi connectivity index (χ4v) is 4.23. The zero-order valence-electron chi connectivity index (χ0n) is 17.5. The lowest BCUT2D eigenvalue weighted by Gasteiger charge is -2.33. The Balaban J connectivity index is 1.33. The largest absolute Gasteiger partial charge is 0.356 e. The van der Waals surface area contributed by atoms with Crippen molar-refractivity contribution in [1.29, 1.82) is 0 Å². The van der Waals surface area contributed by atoms with Crippen molar-refractivity contribution in [3.8, 4) is 11.4 Å². The van der Waals surface area contributed by atoms with Crippen LogP contribution in [0.2, 0.25) is 0 Å². The monoisotopic (exact) mass is 400 g/mol. The number of benzene rings is 2. The molecule has 5 rings (SSSR count). The molecule has 2 fully saturated rings. The van der Waals surface area contributed by atoms with Crippen molar-refractivity contribution in [3.63, 3.8) is 0 Å². The molecule has 2 aromatic carbocycles. The summed E-state index contributed by atoms with van der Waals surface area (Å²) >= 11 is 0. The molecule has 5 heteroatoms. The smallest absolute Gasteiger partial charge is 0.225 e. The number of carbonyl (C=O) groups is 1. The molecule has 1 aromatic heterocycles. The summed E-state index contributed by atoms with van der Waals surface area (Å²) in [6, 6.07) is 18.4. The van der Waals surface area contributed by atoms with Gasteiger partial charge in [-0.3, -0.25) is 4.79 Å². The molecule has 5 nitrogen and oxygen atoms in total. The van der Waals surface area contributed by atoms with E-state index in [1.165, 1.54) is 0 Å². The Hall–Kier alpha value is -2.95. The third-order valence-corrected chi connectivity index (χ3v) is 6.63. The number of carbonyl (C=O) groups excluding carboxylic acids is 1. The first-order chi connectivity index (χ1) is 14.6. The van der Waals surface area contributed by atoms with Crippen LogP contribution in [0.25, 0.3) is 22.3 Å². The molecule has 0 bridgehead atoms. The van der Waals surface area contributed by atoms with Crippen LogP contribution in [0.1, 0.15) is 32.6 Å². The van der Waals surface area contributed by atoms with Crippen molar-refractivity contribution in [2.24, 2.45) is 11.3 Å². The van der Waals surface area contributed by atoms with Crippen LogP contribution in [-0.4, -0.2) is 35.5 Å². The van der Waals surface area contributed by atoms with E-state index < -0.39 is 0 Å². The maximum absolute atomic E-state index is 12.2. The molecule has 2 heterocycles. The zero-order chi connectivity index (χ0) is 20.6. The van der Waals surface area contributed by atoms with Gasteiger partial charge in [0.2, 0.25) is 5.91 Å². The van der Waals surface area contributed by atoms with Gasteiger partial charge < -0.3 is 10.2 Å². The minimum absolute atomic E-state index is 0.0889. The van der Waals surface area contributed by atoms with Crippen molar-refractivity contribution < 1.29 is 4.79 Å². The van der Waals surface area contributed by atoms with Gasteiger partial charge in [-0.15, -0.1) is 0 Å². The Bertz CT molecular complexity index is 1050. The third kappa shape index (κ3) is 3.76. The molecule has 1 amide bonds. The average molecular weight is 401 g/mol. The summed E-state index contributed by atoms with van der Waals surface area (Å²) < 4.78 is 0. The molecule has 3 aromatic rings. The number of anilines is 1. The van der Waals surface area contributed by atoms with Gasteiger partial charge in [0.25, 0.3) is 0 Å². The highest BCUT2D eigenvalue weighted by molar-refractivity contribution is 5.91. The van der Waals surface area contributed by atoms with E-state index in [-0.39, 0.29) is 11.3 Å². The first-order valence-electron chi connectivity index (χ1n) is 11.0. The lowest BCUT2D eigenvalue weighted by molar-refractivity contribution is -0.125. The fraction of sp³-hybridized carbons (Fsp3) is 0.400. The zero-order valence-corrected chi connectivity index (χ0v) is 17.5. The maximum Gasteiger partial charge on any atom is 0.225 e. The van der Waals surface area contributed by atoms with Crippen LogP contribution < -0.4 is 10.2 Å². The van der Waals surface area contributed by atoms with E-state index in [0.29, 0.717) is 5.92 Å². The molecule has 154 valence electrons. The molecule has 1 saturated heterocycles. The summed E-state index contributed by atoms with van der Waals surface area (Å²) in [4.78, 5) is 24.4. The molecule has 30 heavy (non-hydrogen) atoms. The average Bonchev–Trinajstić information content (AvgIpc) is 3.56. The van der Waals surface area contributed by atoms with E-state index in [2.05, 4.69) is 47.5 Å². The highest BCUT2D eigenvalue weighted by atomic mass is 16.2. The molecule has 0 unspecified atom stereocenters. The predicted octanol–water partition coefficient (Wildman–Crippen LogP) is 4.43. The molecular formula is C25H28N4O. The van der Waals surface area contributed by atoms with E-state index in [9.17, 15) is 4.79 Å². The number of hydrogen-bond donors (Lipinski definition) is 1. The van der Waals surface area contributed by atoms with Crippen LogP contribution in [0.4, 0.5) is 5.82 Å². The number of aromatic nitrogens is 2.